The molecule has 0 saturated carbocycles. The maximum atomic E-state index is 10.9. The summed E-state index contributed by atoms with van der Waals surface area (Å²) in [7, 11) is 0. The quantitative estimate of drug-likeness (QED) is 0.691. The van der Waals surface area contributed by atoms with Crippen molar-refractivity contribution in [2.24, 2.45) is 0 Å². The first-order valence-electron chi connectivity index (χ1n) is 4.88. The van der Waals surface area contributed by atoms with E-state index in [0.29, 0.717) is 15.8 Å². The molecule has 0 bridgehead atoms. The standard InChI is InChI=1S/C10H7ClN2O4S/c1-4(10(14)15)7-5-2-3-6(11)8(13(16)17)9(5)18-12-7/h2-4H,1H3,(H,14,15). The van der Waals surface area contributed by atoms with Crippen LogP contribution in [0.15, 0.2) is 12.1 Å². The number of halogens is 1. The molecule has 8 heteroatoms. The van der Waals surface area contributed by atoms with Crippen LogP contribution >= 0.6 is 23.1 Å². The Kier molecular flexibility index (Phi) is 3.18. The average molecular weight is 287 g/mol. The molecule has 1 aromatic carbocycles. The molecule has 0 saturated heterocycles. The average Bonchev–Trinajstić information content (AvgIpc) is 2.70. The summed E-state index contributed by atoms with van der Waals surface area (Å²) in [6, 6.07) is 2.94. The molecule has 1 unspecified atom stereocenters. The summed E-state index contributed by atoms with van der Waals surface area (Å²) in [5.74, 6) is -1.85. The molecule has 2 rings (SSSR count). The molecule has 0 aliphatic carbocycles. The highest BCUT2D eigenvalue weighted by Gasteiger charge is 2.25. The van der Waals surface area contributed by atoms with Gasteiger partial charge >= 0.3 is 11.7 Å². The predicted octanol–water partition coefficient (Wildman–Crippen LogP) is 3.05. The molecule has 94 valence electrons. The lowest BCUT2D eigenvalue weighted by Gasteiger charge is -2.02. The van der Waals surface area contributed by atoms with E-state index < -0.39 is 16.8 Å². The molecule has 1 heterocycles. The zero-order valence-electron chi connectivity index (χ0n) is 9.08. The number of benzene rings is 1. The van der Waals surface area contributed by atoms with E-state index in [9.17, 15) is 14.9 Å². The molecule has 18 heavy (non-hydrogen) atoms. The molecule has 0 aliphatic rings. The number of nitrogens with zero attached hydrogens (tertiary/aromatic N) is 2. The van der Waals surface area contributed by atoms with Crippen LogP contribution in [0, 0.1) is 10.1 Å². The molecule has 0 spiro atoms. The fraction of sp³-hybridized carbons (Fsp3) is 0.200. The topological polar surface area (TPSA) is 93.3 Å². The third kappa shape index (κ3) is 1.91. The number of rotatable bonds is 3. The van der Waals surface area contributed by atoms with Gasteiger partial charge in [0.15, 0.2) is 0 Å². The van der Waals surface area contributed by atoms with Gasteiger partial charge in [0.1, 0.15) is 9.72 Å². The molecule has 0 radical (unpaired) electrons. The van der Waals surface area contributed by atoms with Crippen LogP contribution in [0.2, 0.25) is 5.02 Å². The van der Waals surface area contributed by atoms with Crippen molar-refractivity contribution >= 4 is 44.9 Å². The lowest BCUT2D eigenvalue weighted by molar-refractivity contribution is -0.382. The molecule has 1 atom stereocenters. The van der Waals surface area contributed by atoms with Crippen LogP contribution in [-0.2, 0) is 4.79 Å². The summed E-state index contributed by atoms with van der Waals surface area (Å²) in [6.07, 6.45) is 0. The third-order valence-electron chi connectivity index (χ3n) is 2.56. The molecule has 2 aromatic rings. The Balaban J connectivity index is 2.73. The van der Waals surface area contributed by atoms with Crippen molar-refractivity contribution in [2.75, 3.05) is 0 Å². The third-order valence-corrected chi connectivity index (χ3v) is 3.75. The highest BCUT2D eigenvalue weighted by molar-refractivity contribution is 7.14. The number of nitro benzene ring substituents is 1. The summed E-state index contributed by atoms with van der Waals surface area (Å²) in [5, 5.41) is 20.4. The fourth-order valence-electron chi connectivity index (χ4n) is 1.58. The summed E-state index contributed by atoms with van der Waals surface area (Å²) in [6.45, 7) is 1.48. The normalized spacial score (nSPS) is 12.6. The highest BCUT2D eigenvalue weighted by Crippen LogP contribution is 2.38. The van der Waals surface area contributed by atoms with E-state index in [0.717, 1.165) is 11.5 Å². The zero-order chi connectivity index (χ0) is 13.4. The van der Waals surface area contributed by atoms with E-state index in [1.54, 1.807) is 6.07 Å². The molecule has 0 fully saturated rings. The van der Waals surface area contributed by atoms with Gasteiger partial charge < -0.3 is 5.11 Å². The summed E-state index contributed by atoms with van der Waals surface area (Å²) in [5.41, 5.74) is 0.0952. The van der Waals surface area contributed by atoms with E-state index >= 15 is 0 Å². The second-order valence-corrected chi connectivity index (χ2v) is 4.84. The minimum Gasteiger partial charge on any atom is -0.481 e. The van der Waals surface area contributed by atoms with E-state index in [1.807, 2.05) is 0 Å². The molecular weight excluding hydrogens is 280 g/mol. The molecule has 0 amide bonds. The lowest BCUT2D eigenvalue weighted by Crippen LogP contribution is -2.07. The Bertz CT molecular complexity index is 655. The van der Waals surface area contributed by atoms with E-state index in [4.69, 9.17) is 16.7 Å². The van der Waals surface area contributed by atoms with Gasteiger partial charge in [0.05, 0.1) is 16.5 Å². The monoisotopic (exact) mass is 286 g/mol. The number of hydrogen-bond acceptors (Lipinski definition) is 5. The van der Waals surface area contributed by atoms with Gasteiger partial charge in [-0.1, -0.05) is 11.6 Å². The first kappa shape index (κ1) is 12.7. The van der Waals surface area contributed by atoms with Crippen LogP contribution in [0.5, 0.6) is 0 Å². The van der Waals surface area contributed by atoms with Gasteiger partial charge in [-0.3, -0.25) is 14.9 Å². The summed E-state index contributed by atoms with van der Waals surface area (Å²) < 4.78 is 4.30. The molecule has 1 aromatic heterocycles. The van der Waals surface area contributed by atoms with Crippen molar-refractivity contribution in [3.05, 3.63) is 33.0 Å². The second kappa shape index (κ2) is 4.51. The lowest BCUT2D eigenvalue weighted by atomic mass is 10.0. The number of nitro groups is 1. The molecule has 1 N–H and O–H groups in total. The Hall–Kier alpha value is -1.73. The minimum absolute atomic E-state index is 0.0191. The van der Waals surface area contributed by atoms with Gasteiger partial charge in [-0.2, -0.15) is 4.37 Å². The second-order valence-electron chi connectivity index (χ2n) is 3.66. The van der Waals surface area contributed by atoms with Crippen LogP contribution < -0.4 is 0 Å². The number of carboxylic acid groups (broad SMARTS) is 1. The van der Waals surface area contributed by atoms with Crippen LogP contribution in [0.1, 0.15) is 18.5 Å². The maximum absolute atomic E-state index is 10.9. The van der Waals surface area contributed by atoms with Gasteiger partial charge in [-0.05, 0) is 30.6 Å². The Labute approximate surface area is 110 Å². The Morgan fingerprint density at radius 1 is 1.61 bits per heavy atom. The van der Waals surface area contributed by atoms with Crippen LogP contribution in [0.25, 0.3) is 10.1 Å². The van der Waals surface area contributed by atoms with Gasteiger partial charge in [0, 0.05) is 5.39 Å². The smallest absolute Gasteiger partial charge is 0.312 e. The maximum Gasteiger partial charge on any atom is 0.312 e. The van der Waals surface area contributed by atoms with Crippen LogP contribution in [-0.4, -0.2) is 20.4 Å². The van der Waals surface area contributed by atoms with E-state index in [1.165, 1.54) is 13.0 Å². The van der Waals surface area contributed by atoms with Gasteiger partial charge in [0.2, 0.25) is 0 Å². The summed E-state index contributed by atoms with van der Waals surface area (Å²) in [4.78, 5) is 21.3. The Morgan fingerprint density at radius 3 is 2.83 bits per heavy atom. The SMILES string of the molecule is CC(C(=O)O)c1nsc2c([N+](=O)[O-])c(Cl)ccc12. The van der Waals surface area contributed by atoms with Crippen molar-refractivity contribution in [1.29, 1.82) is 0 Å². The van der Waals surface area contributed by atoms with Gasteiger partial charge in [0.25, 0.3) is 0 Å². The number of aromatic nitrogens is 1. The largest absolute Gasteiger partial charge is 0.481 e. The van der Waals surface area contributed by atoms with Crippen molar-refractivity contribution < 1.29 is 14.8 Å². The predicted molar refractivity (Wildman–Crippen MR) is 67.3 cm³/mol. The first-order chi connectivity index (χ1) is 8.43. The zero-order valence-corrected chi connectivity index (χ0v) is 10.7. The summed E-state index contributed by atoms with van der Waals surface area (Å²) >= 11 is 6.66. The fourth-order valence-corrected chi connectivity index (χ4v) is 2.86. The highest BCUT2D eigenvalue weighted by atomic mass is 35.5. The van der Waals surface area contributed by atoms with Gasteiger partial charge in [-0.25, -0.2) is 0 Å². The number of carboxylic acids is 1. The molecule has 0 aliphatic heterocycles. The van der Waals surface area contributed by atoms with E-state index in [-0.39, 0.29) is 10.7 Å². The van der Waals surface area contributed by atoms with Crippen molar-refractivity contribution in [2.45, 2.75) is 12.8 Å². The molecular formula is C10H7ClN2O4S. The van der Waals surface area contributed by atoms with Crippen LogP contribution in [0.3, 0.4) is 0 Å². The van der Waals surface area contributed by atoms with Gasteiger partial charge in [-0.15, -0.1) is 0 Å². The van der Waals surface area contributed by atoms with Crippen molar-refractivity contribution in [3.63, 3.8) is 0 Å². The van der Waals surface area contributed by atoms with E-state index in [2.05, 4.69) is 4.37 Å². The first-order valence-corrected chi connectivity index (χ1v) is 6.03. The number of aliphatic carboxylic acids is 1. The Morgan fingerprint density at radius 2 is 2.28 bits per heavy atom. The number of hydrogen-bond donors (Lipinski definition) is 1. The molecule has 6 nitrogen and oxygen atoms in total. The number of fused-ring (bicyclic) bond motifs is 1. The minimum atomic E-state index is -1.03. The van der Waals surface area contributed by atoms with Crippen LogP contribution in [0.4, 0.5) is 5.69 Å². The van der Waals surface area contributed by atoms with Crippen molar-refractivity contribution in [1.82, 2.24) is 4.37 Å². The van der Waals surface area contributed by atoms with Crippen molar-refractivity contribution in [3.8, 4) is 0 Å². The number of carbonyl (C=O) groups is 1.